The zero-order chi connectivity index (χ0) is 24.4. The summed E-state index contributed by atoms with van der Waals surface area (Å²) in [4.78, 5) is 20.4. The van der Waals surface area contributed by atoms with Crippen LogP contribution in [-0.2, 0) is 9.53 Å². The fourth-order valence-corrected chi connectivity index (χ4v) is 5.29. The lowest BCUT2D eigenvalue weighted by atomic mass is 10.1. The van der Waals surface area contributed by atoms with Crippen LogP contribution in [0.3, 0.4) is 0 Å². The Morgan fingerprint density at radius 2 is 2.00 bits per heavy atom. The van der Waals surface area contributed by atoms with Crippen LogP contribution in [0.2, 0.25) is 5.02 Å². The van der Waals surface area contributed by atoms with Gasteiger partial charge < -0.3 is 18.9 Å². The Hall–Kier alpha value is -3.03. The fourth-order valence-electron chi connectivity index (χ4n) is 4.06. The van der Waals surface area contributed by atoms with Crippen molar-refractivity contribution in [2.45, 2.75) is 33.2 Å². The first-order valence-electron chi connectivity index (χ1n) is 11.1. The summed E-state index contributed by atoms with van der Waals surface area (Å²) in [6.07, 6.45) is 2.90. The van der Waals surface area contributed by atoms with Crippen LogP contribution in [0.4, 0.5) is 10.8 Å². The van der Waals surface area contributed by atoms with Gasteiger partial charge in [0.05, 0.1) is 24.9 Å². The van der Waals surface area contributed by atoms with Crippen molar-refractivity contribution in [1.82, 2.24) is 9.55 Å². The number of rotatable bonds is 8. The van der Waals surface area contributed by atoms with E-state index in [4.69, 9.17) is 26.1 Å². The van der Waals surface area contributed by atoms with Crippen LogP contribution in [0.1, 0.15) is 31.2 Å². The molecule has 0 bridgehead atoms. The first-order chi connectivity index (χ1) is 16.4. The topological polar surface area (TPSA) is 56.6 Å². The van der Waals surface area contributed by atoms with Gasteiger partial charge in [0.2, 0.25) is 0 Å². The summed E-state index contributed by atoms with van der Waals surface area (Å²) in [5.74, 6) is 0.452. The minimum atomic E-state index is -0.390. The summed E-state index contributed by atoms with van der Waals surface area (Å²) in [5, 5.41) is 2.59. The van der Waals surface area contributed by atoms with E-state index in [2.05, 4.69) is 36.9 Å². The molecule has 4 rings (SSSR count). The molecule has 178 valence electrons. The Bertz CT molecular complexity index is 1330. The Labute approximate surface area is 208 Å². The molecule has 6 nitrogen and oxygen atoms in total. The van der Waals surface area contributed by atoms with Gasteiger partial charge in [-0.3, -0.25) is 0 Å². The van der Waals surface area contributed by atoms with Crippen LogP contribution in [0, 0.1) is 6.92 Å². The molecule has 4 aromatic rings. The van der Waals surface area contributed by atoms with Gasteiger partial charge in [-0.2, -0.15) is 0 Å². The second-order valence-corrected chi connectivity index (χ2v) is 9.65. The van der Waals surface area contributed by atoms with Crippen LogP contribution in [0.25, 0.3) is 22.2 Å². The number of ether oxygens (including phenoxy) is 2. The summed E-state index contributed by atoms with van der Waals surface area (Å²) < 4.78 is 12.1. The van der Waals surface area contributed by atoms with Crippen molar-refractivity contribution in [3.8, 4) is 17.0 Å². The number of methoxy groups -OCH3 is 2. The van der Waals surface area contributed by atoms with E-state index in [1.54, 1.807) is 18.4 Å². The van der Waals surface area contributed by atoms with Gasteiger partial charge in [0.25, 0.3) is 0 Å². The maximum atomic E-state index is 12.0. The molecule has 0 radical (unpaired) electrons. The predicted octanol–water partition coefficient (Wildman–Crippen LogP) is 7.02. The number of anilines is 2. The number of aromatic nitrogens is 2. The van der Waals surface area contributed by atoms with E-state index >= 15 is 0 Å². The van der Waals surface area contributed by atoms with Gasteiger partial charge >= 0.3 is 5.97 Å². The summed E-state index contributed by atoms with van der Waals surface area (Å²) in [6, 6.07) is 13.6. The fraction of sp³-hybridized carbons (Fsp3) is 0.308. The number of nitrogens with zero attached hydrogens (tertiary/aromatic N) is 3. The zero-order valence-electron chi connectivity index (χ0n) is 20.0. The molecule has 34 heavy (non-hydrogen) atoms. The first kappa shape index (κ1) is 24.1. The summed E-state index contributed by atoms with van der Waals surface area (Å²) in [7, 11) is 3.04. The Balaban J connectivity index is 1.72. The number of hydrogen-bond acceptors (Lipinski definition) is 6. The van der Waals surface area contributed by atoms with Crippen LogP contribution in [-0.4, -0.2) is 36.3 Å². The molecule has 0 amide bonds. The maximum absolute atomic E-state index is 12.0. The van der Waals surface area contributed by atoms with Gasteiger partial charge in [-0.15, -0.1) is 11.3 Å². The number of aryl methyl sites for hydroxylation is 1. The minimum absolute atomic E-state index is 0.267. The molecule has 1 unspecified atom stereocenters. The number of thiazole rings is 1. The lowest BCUT2D eigenvalue weighted by molar-refractivity contribution is -0.143. The van der Waals surface area contributed by atoms with Crippen LogP contribution < -0.4 is 9.64 Å². The van der Waals surface area contributed by atoms with Gasteiger partial charge in [-0.1, -0.05) is 18.5 Å². The number of fused-ring (bicyclic) bond motifs is 1. The normalized spacial score (nSPS) is 12.1. The molecule has 0 saturated heterocycles. The molecule has 0 saturated carbocycles. The highest BCUT2D eigenvalue weighted by atomic mass is 35.5. The van der Waals surface area contributed by atoms with Gasteiger partial charge in [-0.25, -0.2) is 9.78 Å². The zero-order valence-corrected chi connectivity index (χ0v) is 21.5. The molecule has 2 heterocycles. The molecule has 1 atom stereocenters. The smallest absolute Gasteiger partial charge is 0.328 e. The van der Waals surface area contributed by atoms with Gasteiger partial charge in [0.1, 0.15) is 11.8 Å². The molecular formula is C26H28ClN3O3S. The average molecular weight is 498 g/mol. The molecule has 0 aliphatic carbocycles. The van der Waals surface area contributed by atoms with Crippen molar-refractivity contribution in [2.75, 3.05) is 25.7 Å². The van der Waals surface area contributed by atoms with Crippen LogP contribution >= 0.6 is 22.9 Å². The van der Waals surface area contributed by atoms with E-state index in [1.165, 1.54) is 7.11 Å². The predicted molar refractivity (Wildman–Crippen MR) is 140 cm³/mol. The molecule has 0 spiro atoms. The molecule has 2 aromatic heterocycles. The van der Waals surface area contributed by atoms with Crippen molar-refractivity contribution < 1.29 is 14.3 Å². The second kappa shape index (κ2) is 10.1. The number of esters is 1. The number of halogens is 1. The van der Waals surface area contributed by atoms with E-state index in [0.29, 0.717) is 5.02 Å². The van der Waals surface area contributed by atoms with Crippen LogP contribution in [0.15, 0.2) is 48.7 Å². The largest absolute Gasteiger partial charge is 0.497 e. The SMILES string of the molecule is CCCN(c1ccc2c(ccn2C(C)C(=O)OC)c1)c1nc(-c2ccc(OC)cc2Cl)c(C)s1. The van der Waals surface area contributed by atoms with Gasteiger partial charge in [0.15, 0.2) is 5.13 Å². The van der Waals surface area contributed by atoms with Gasteiger partial charge in [0, 0.05) is 39.8 Å². The lowest BCUT2D eigenvalue weighted by Gasteiger charge is -2.22. The highest BCUT2D eigenvalue weighted by molar-refractivity contribution is 7.16. The van der Waals surface area contributed by atoms with E-state index < -0.39 is 6.04 Å². The molecule has 2 aromatic carbocycles. The molecule has 0 N–H and O–H groups in total. The average Bonchev–Trinajstić information content (AvgIpc) is 3.44. The third kappa shape index (κ3) is 4.50. The molecule has 0 aliphatic rings. The highest BCUT2D eigenvalue weighted by Crippen LogP contribution is 2.40. The third-order valence-electron chi connectivity index (χ3n) is 5.87. The van der Waals surface area contributed by atoms with Crippen molar-refractivity contribution in [3.63, 3.8) is 0 Å². The minimum Gasteiger partial charge on any atom is -0.497 e. The van der Waals surface area contributed by atoms with E-state index in [1.807, 2.05) is 42.0 Å². The second-order valence-electron chi connectivity index (χ2n) is 8.06. The monoisotopic (exact) mass is 497 g/mol. The van der Waals surface area contributed by atoms with E-state index in [-0.39, 0.29) is 5.97 Å². The summed E-state index contributed by atoms with van der Waals surface area (Å²) in [6.45, 7) is 6.89. The van der Waals surface area contributed by atoms with E-state index in [0.717, 1.165) is 56.6 Å². The molecule has 8 heteroatoms. The van der Waals surface area contributed by atoms with Crippen molar-refractivity contribution in [3.05, 3.63) is 58.6 Å². The summed E-state index contributed by atoms with van der Waals surface area (Å²) >= 11 is 8.20. The summed E-state index contributed by atoms with van der Waals surface area (Å²) in [5.41, 5.74) is 3.81. The highest BCUT2D eigenvalue weighted by Gasteiger charge is 2.20. The maximum Gasteiger partial charge on any atom is 0.328 e. The first-order valence-corrected chi connectivity index (χ1v) is 12.3. The van der Waals surface area contributed by atoms with Crippen molar-refractivity contribution in [2.24, 2.45) is 0 Å². The molecule has 0 aliphatic heterocycles. The van der Waals surface area contributed by atoms with Gasteiger partial charge in [-0.05, 0) is 62.7 Å². The lowest BCUT2D eigenvalue weighted by Crippen LogP contribution is -2.18. The third-order valence-corrected chi connectivity index (χ3v) is 7.18. The Morgan fingerprint density at radius 1 is 1.21 bits per heavy atom. The quantitative estimate of drug-likeness (QED) is 0.245. The van der Waals surface area contributed by atoms with Crippen molar-refractivity contribution in [1.29, 1.82) is 0 Å². The number of benzene rings is 2. The Kier molecular flexibility index (Phi) is 7.14. The number of carbonyl (C=O) groups excluding carboxylic acids is 1. The number of carbonyl (C=O) groups is 1. The number of hydrogen-bond donors (Lipinski definition) is 0. The molecular weight excluding hydrogens is 470 g/mol. The van der Waals surface area contributed by atoms with Crippen molar-refractivity contribution >= 4 is 50.6 Å². The standard InChI is InChI=1S/C26H28ClN3O3S/c1-6-12-30(19-7-10-23-18(14-19)11-13-29(23)16(2)25(31)33-5)26-28-24(17(3)34-26)21-9-8-20(32-4)15-22(21)27/h7-11,13-16H,6,12H2,1-5H3. The Morgan fingerprint density at radius 3 is 2.68 bits per heavy atom. The van der Waals surface area contributed by atoms with E-state index in [9.17, 15) is 4.79 Å². The van der Waals surface area contributed by atoms with Crippen LogP contribution in [0.5, 0.6) is 5.75 Å². The molecule has 0 fully saturated rings.